The SMILES string of the molecule is CC1COCCN1C[C@H]1CN(C(=O)OC(C)(C)C)CCN1. The van der Waals surface area contributed by atoms with Crippen LogP contribution in [-0.4, -0.2) is 79.5 Å². The molecule has 0 bridgehead atoms. The predicted octanol–water partition coefficient (Wildman–Crippen LogP) is 0.916. The Balaban J connectivity index is 1.84. The van der Waals surface area contributed by atoms with Crippen LogP contribution >= 0.6 is 0 Å². The van der Waals surface area contributed by atoms with Gasteiger partial charge in [-0.25, -0.2) is 4.79 Å². The summed E-state index contributed by atoms with van der Waals surface area (Å²) in [7, 11) is 0. The Kier molecular flexibility index (Phi) is 5.46. The first-order valence-corrected chi connectivity index (χ1v) is 7.88. The van der Waals surface area contributed by atoms with Crippen LogP contribution in [0.5, 0.6) is 0 Å². The third-order valence-electron chi connectivity index (χ3n) is 3.87. The smallest absolute Gasteiger partial charge is 0.410 e. The van der Waals surface area contributed by atoms with Crippen molar-refractivity contribution in [1.82, 2.24) is 15.1 Å². The molecular weight excluding hydrogens is 270 g/mol. The number of amides is 1. The van der Waals surface area contributed by atoms with Crippen LogP contribution in [0.15, 0.2) is 0 Å². The Morgan fingerprint density at radius 3 is 2.81 bits per heavy atom. The zero-order valence-electron chi connectivity index (χ0n) is 13.7. The summed E-state index contributed by atoms with van der Waals surface area (Å²) in [6.07, 6.45) is -0.205. The number of nitrogens with one attached hydrogen (secondary N) is 1. The molecule has 2 atom stereocenters. The minimum absolute atomic E-state index is 0.205. The lowest BCUT2D eigenvalue weighted by Crippen LogP contribution is -2.59. The molecule has 0 radical (unpaired) electrons. The number of carbonyl (C=O) groups excluding carboxylic acids is 1. The number of nitrogens with zero attached hydrogens (tertiary/aromatic N) is 2. The van der Waals surface area contributed by atoms with Gasteiger partial charge in [0, 0.05) is 44.8 Å². The summed E-state index contributed by atoms with van der Waals surface area (Å²) in [6.45, 7) is 13.6. The van der Waals surface area contributed by atoms with Crippen LogP contribution in [0.2, 0.25) is 0 Å². The van der Waals surface area contributed by atoms with Crippen molar-refractivity contribution in [2.75, 3.05) is 45.9 Å². The third-order valence-corrected chi connectivity index (χ3v) is 3.87. The van der Waals surface area contributed by atoms with E-state index < -0.39 is 5.60 Å². The van der Waals surface area contributed by atoms with E-state index in [9.17, 15) is 4.79 Å². The molecular formula is C15H29N3O3. The number of hydrogen-bond donors (Lipinski definition) is 1. The van der Waals surface area contributed by atoms with E-state index in [1.165, 1.54) is 0 Å². The largest absolute Gasteiger partial charge is 0.444 e. The van der Waals surface area contributed by atoms with Crippen molar-refractivity contribution >= 4 is 6.09 Å². The van der Waals surface area contributed by atoms with E-state index >= 15 is 0 Å². The Morgan fingerprint density at radius 1 is 1.38 bits per heavy atom. The molecule has 0 spiro atoms. The van der Waals surface area contributed by atoms with Gasteiger partial charge in [-0.05, 0) is 27.7 Å². The molecule has 2 rings (SSSR count). The van der Waals surface area contributed by atoms with Gasteiger partial charge in [0.1, 0.15) is 5.60 Å². The first-order chi connectivity index (χ1) is 9.85. The summed E-state index contributed by atoms with van der Waals surface area (Å²) < 4.78 is 10.9. The van der Waals surface area contributed by atoms with Crippen LogP contribution in [0.3, 0.4) is 0 Å². The van der Waals surface area contributed by atoms with Gasteiger partial charge >= 0.3 is 6.09 Å². The van der Waals surface area contributed by atoms with Crippen molar-refractivity contribution < 1.29 is 14.3 Å². The molecule has 1 unspecified atom stereocenters. The van der Waals surface area contributed by atoms with Crippen LogP contribution in [0.25, 0.3) is 0 Å². The molecule has 2 fully saturated rings. The molecule has 21 heavy (non-hydrogen) atoms. The van der Waals surface area contributed by atoms with Gasteiger partial charge in [0.05, 0.1) is 13.2 Å². The molecule has 0 aromatic heterocycles. The molecule has 6 heteroatoms. The lowest BCUT2D eigenvalue weighted by Gasteiger charge is -2.40. The maximum absolute atomic E-state index is 12.2. The number of ether oxygens (including phenoxy) is 2. The van der Waals surface area contributed by atoms with E-state index in [2.05, 4.69) is 17.1 Å². The van der Waals surface area contributed by atoms with Gasteiger partial charge < -0.3 is 19.7 Å². The second-order valence-corrected chi connectivity index (χ2v) is 7.00. The summed E-state index contributed by atoms with van der Waals surface area (Å²) >= 11 is 0. The Hall–Kier alpha value is -0.850. The summed E-state index contributed by atoms with van der Waals surface area (Å²) in [5.41, 5.74) is -0.434. The van der Waals surface area contributed by atoms with Crippen molar-refractivity contribution in [3.8, 4) is 0 Å². The van der Waals surface area contributed by atoms with Crippen molar-refractivity contribution in [3.63, 3.8) is 0 Å². The maximum atomic E-state index is 12.2. The first kappa shape index (κ1) is 16.5. The molecule has 2 aliphatic rings. The average molecular weight is 299 g/mol. The molecule has 0 aromatic rings. The van der Waals surface area contributed by atoms with Crippen molar-refractivity contribution in [2.24, 2.45) is 0 Å². The zero-order chi connectivity index (χ0) is 15.5. The fourth-order valence-corrected chi connectivity index (χ4v) is 2.76. The summed E-state index contributed by atoms with van der Waals surface area (Å²) in [4.78, 5) is 16.4. The average Bonchev–Trinajstić information content (AvgIpc) is 2.40. The summed E-state index contributed by atoms with van der Waals surface area (Å²) in [5.74, 6) is 0. The molecule has 0 aromatic carbocycles. The molecule has 6 nitrogen and oxygen atoms in total. The lowest BCUT2D eigenvalue weighted by molar-refractivity contribution is -0.0112. The minimum Gasteiger partial charge on any atom is -0.444 e. The van der Waals surface area contributed by atoms with Crippen molar-refractivity contribution in [1.29, 1.82) is 0 Å². The standard InChI is InChI=1S/C15H29N3O3/c1-12-11-20-8-7-17(12)9-13-10-18(6-5-16-13)14(19)21-15(2,3)4/h12-13,16H,5-11H2,1-4H3/t12?,13-/m0/s1. The predicted molar refractivity (Wildman–Crippen MR) is 81.5 cm³/mol. The fourth-order valence-electron chi connectivity index (χ4n) is 2.76. The highest BCUT2D eigenvalue weighted by atomic mass is 16.6. The summed E-state index contributed by atoms with van der Waals surface area (Å²) in [5, 5.41) is 3.50. The van der Waals surface area contributed by atoms with Crippen LogP contribution in [-0.2, 0) is 9.47 Å². The van der Waals surface area contributed by atoms with Crippen molar-refractivity contribution in [2.45, 2.75) is 45.4 Å². The lowest BCUT2D eigenvalue weighted by atomic mass is 10.1. The molecule has 0 saturated carbocycles. The number of carbonyl (C=O) groups is 1. The van der Waals surface area contributed by atoms with Crippen LogP contribution < -0.4 is 5.32 Å². The Labute approximate surface area is 127 Å². The van der Waals surface area contributed by atoms with Crippen LogP contribution in [0, 0.1) is 0 Å². The molecule has 0 aliphatic carbocycles. The molecule has 122 valence electrons. The van der Waals surface area contributed by atoms with Gasteiger partial charge in [-0.2, -0.15) is 0 Å². The molecule has 1 amide bonds. The topological polar surface area (TPSA) is 54.0 Å². The number of rotatable bonds is 2. The van der Waals surface area contributed by atoms with Crippen LogP contribution in [0.1, 0.15) is 27.7 Å². The first-order valence-electron chi connectivity index (χ1n) is 7.88. The van der Waals surface area contributed by atoms with Crippen molar-refractivity contribution in [3.05, 3.63) is 0 Å². The highest BCUT2D eigenvalue weighted by Crippen LogP contribution is 2.13. The molecule has 2 aliphatic heterocycles. The number of piperazine rings is 1. The molecule has 2 heterocycles. The van der Waals surface area contributed by atoms with E-state index in [0.717, 1.165) is 32.8 Å². The Morgan fingerprint density at radius 2 is 2.14 bits per heavy atom. The zero-order valence-corrected chi connectivity index (χ0v) is 13.7. The van der Waals surface area contributed by atoms with E-state index in [0.29, 0.717) is 25.2 Å². The monoisotopic (exact) mass is 299 g/mol. The Bertz CT molecular complexity index is 357. The molecule has 2 saturated heterocycles. The summed E-state index contributed by atoms with van der Waals surface area (Å²) in [6, 6.07) is 0.740. The highest BCUT2D eigenvalue weighted by molar-refractivity contribution is 5.68. The molecule has 1 N–H and O–H groups in total. The van der Waals surface area contributed by atoms with Gasteiger partial charge in [0.25, 0.3) is 0 Å². The van der Waals surface area contributed by atoms with Gasteiger partial charge in [-0.1, -0.05) is 0 Å². The highest BCUT2D eigenvalue weighted by Gasteiger charge is 2.29. The second-order valence-electron chi connectivity index (χ2n) is 7.00. The van der Waals surface area contributed by atoms with Gasteiger partial charge in [-0.3, -0.25) is 4.90 Å². The number of morpholine rings is 1. The fraction of sp³-hybridized carbons (Fsp3) is 0.933. The van der Waals surface area contributed by atoms with E-state index in [1.807, 2.05) is 25.7 Å². The third kappa shape index (κ3) is 5.13. The van der Waals surface area contributed by atoms with E-state index in [-0.39, 0.29) is 6.09 Å². The van der Waals surface area contributed by atoms with Crippen LogP contribution in [0.4, 0.5) is 4.79 Å². The number of hydrogen-bond acceptors (Lipinski definition) is 5. The second kappa shape index (κ2) is 6.94. The van der Waals surface area contributed by atoms with Gasteiger partial charge in [-0.15, -0.1) is 0 Å². The minimum atomic E-state index is -0.434. The van der Waals surface area contributed by atoms with Gasteiger partial charge in [0.2, 0.25) is 0 Å². The normalized spacial score (nSPS) is 28.5. The van der Waals surface area contributed by atoms with Gasteiger partial charge in [0.15, 0.2) is 0 Å². The van der Waals surface area contributed by atoms with E-state index in [4.69, 9.17) is 9.47 Å². The van der Waals surface area contributed by atoms with E-state index in [1.54, 1.807) is 0 Å². The maximum Gasteiger partial charge on any atom is 0.410 e. The quantitative estimate of drug-likeness (QED) is 0.821.